The maximum absolute atomic E-state index is 11.1. The average molecular weight is 423 g/mol. The number of aromatic amines is 1. The smallest absolute Gasteiger partial charge is 0.335 e. The maximum Gasteiger partial charge on any atom is 0.335 e. The van der Waals surface area contributed by atoms with Crippen molar-refractivity contribution in [3.05, 3.63) is 27.7 Å². The predicted molar refractivity (Wildman–Crippen MR) is 86.0 cm³/mol. The molecule has 1 aromatic carbocycles. The number of carboxylic acids is 1. The lowest BCUT2D eigenvalue weighted by molar-refractivity contribution is -0.271. The van der Waals surface area contributed by atoms with Gasteiger partial charge in [0.15, 0.2) is 12.0 Å². The zero-order chi connectivity index (χ0) is 17.6. The summed E-state index contributed by atoms with van der Waals surface area (Å²) < 4.78 is 11.1. The zero-order valence-electron chi connectivity index (χ0n) is 11.9. The largest absolute Gasteiger partial charge is 0.479 e. The van der Waals surface area contributed by atoms with Crippen LogP contribution in [0.4, 0.5) is 0 Å². The Morgan fingerprint density at radius 2 is 1.96 bits per heavy atom. The van der Waals surface area contributed by atoms with Gasteiger partial charge < -0.3 is 34.9 Å². The average Bonchev–Trinajstić information content (AvgIpc) is 2.94. The second kappa shape index (κ2) is 6.51. The van der Waals surface area contributed by atoms with Gasteiger partial charge in [0, 0.05) is 21.4 Å². The molecule has 0 amide bonds. The number of rotatable bonds is 3. The number of ether oxygens (including phenoxy) is 2. The number of benzene rings is 1. The summed E-state index contributed by atoms with van der Waals surface area (Å²) in [6, 6.07) is 5.03. The molecule has 5 atom stereocenters. The molecule has 8 nitrogen and oxygen atoms in total. The van der Waals surface area contributed by atoms with Gasteiger partial charge >= 0.3 is 5.97 Å². The lowest BCUT2D eigenvalue weighted by Gasteiger charge is -2.38. The maximum atomic E-state index is 11.1. The molecular formula is C14H13BrClNO7. The van der Waals surface area contributed by atoms with E-state index in [-0.39, 0.29) is 5.88 Å². The van der Waals surface area contributed by atoms with Crippen molar-refractivity contribution in [2.75, 3.05) is 0 Å². The highest BCUT2D eigenvalue weighted by atomic mass is 79.9. The molecule has 1 aliphatic heterocycles. The van der Waals surface area contributed by atoms with Crippen LogP contribution in [0.3, 0.4) is 0 Å². The Labute approximate surface area is 148 Å². The molecule has 0 radical (unpaired) electrons. The fourth-order valence-corrected chi connectivity index (χ4v) is 3.02. The normalized spacial score (nSPS) is 30.5. The summed E-state index contributed by atoms with van der Waals surface area (Å²) >= 11 is 9.46. The van der Waals surface area contributed by atoms with Crippen molar-refractivity contribution in [3.63, 3.8) is 0 Å². The van der Waals surface area contributed by atoms with Crippen molar-refractivity contribution in [1.29, 1.82) is 0 Å². The van der Waals surface area contributed by atoms with Gasteiger partial charge in [-0.15, -0.1) is 0 Å². The molecule has 0 saturated carbocycles. The number of aliphatic carboxylic acids is 1. The summed E-state index contributed by atoms with van der Waals surface area (Å²) in [5, 5.41) is 39.5. The molecule has 1 saturated heterocycles. The number of H-pyrrole nitrogens is 1. The van der Waals surface area contributed by atoms with Gasteiger partial charge in [0.1, 0.15) is 18.3 Å². The van der Waals surface area contributed by atoms with Crippen LogP contribution in [-0.4, -0.2) is 62.1 Å². The summed E-state index contributed by atoms with van der Waals surface area (Å²) in [6.07, 6.45) is -8.35. The summed E-state index contributed by atoms with van der Waals surface area (Å²) in [4.78, 5) is 14.0. The highest BCUT2D eigenvalue weighted by Gasteiger charge is 2.48. The molecule has 0 unspecified atom stereocenters. The van der Waals surface area contributed by atoms with Crippen LogP contribution in [0.2, 0.25) is 5.02 Å². The van der Waals surface area contributed by atoms with E-state index in [2.05, 4.69) is 20.9 Å². The lowest BCUT2D eigenvalue weighted by atomic mass is 9.99. The van der Waals surface area contributed by atoms with Crippen LogP contribution in [0.5, 0.6) is 5.88 Å². The highest BCUT2D eigenvalue weighted by Crippen LogP contribution is 2.34. The Bertz CT molecular complexity index is 782. The van der Waals surface area contributed by atoms with Gasteiger partial charge in [-0.25, -0.2) is 4.79 Å². The van der Waals surface area contributed by atoms with E-state index in [0.29, 0.717) is 20.4 Å². The van der Waals surface area contributed by atoms with E-state index in [4.69, 9.17) is 26.2 Å². The fourth-order valence-electron chi connectivity index (χ4n) is 2.45. The van der Waals surface area contributed by atoms with Gasteiger partial charge in [-0.3, -0.25) is 0 Å². The Hall–Kier alpha value is -1.36. The molecule has 3 rings (SSSR count). The monoisotopic (exact) mass is 421 g/mol. The van der Waals surface area contributed by atoms with Gasteiger partial charge in [-0.1, -0.05) is 11.6 Å². The summed E-state index contributed by atoms with van der Waals surface area (Å²) in [6.45, 7) is 0. The molecule has 10 heteroatoms. The van der Waals surface area contributed by atoms with E-state index < -0.39 is 36.7 Å². The first kappa shape index (κ1) is 17.5. The molecule has 1 fully saturated rings. The van der Waals surface area contributed by atoms with E-state index in [1.807, 2.05) is 0 Å². The number of aliphatic hydroxyl groups is 3. The van der Waals surface area contributed by atoms with Gasteiger partial charge in [0.25, 0.3) is 0 Å². The van der Waals surface area contributed by atoms with Crippen LogP contribution in [0, 0.1) is 0 Å². The van der Waals surface area contributed by atoms with Crippen LogP contribution in [0.15, 0.2) is 22.7 Å². The molecule has 0 bridgehead atoms. The van der Waals surface area contributed by atoms with E-state index in [9.17, 15) is 20.1 Å². The standard InChI is InChI=1S/C14H13BrClNO7/c15-5-1-2-6-4(8(5)16)3-7(17-6)23-14-11(20)9(18)10(19)12(24-14)13(21)22/h1-3,9-12,14,17-20H,(H,21,22)/t9-,10-,11+,12-,14+/m0/s1. The number of aromatic nitrogens is 1. The summed E-state index contributed by atoms with van der Waals surface area (Å²) in [5.74, 6) is -1.33. The van der Waals surface area contributed by atoms with Gasteiger partial charge in [0.05, 0.1) is 5.02 Å². The summed E-state index contributed by atoms with van der Waals surface area (Å²) in [5.41, 5.74) is 0.652. The molecule has 5 N–H and O–H groups in total. The van der Waals surface area contributed by atoms with Crippen LogP contribution in [0.25, 0.3) is 10.9 Å². The Morgan fingerprint density at radius 3 is 2.62 bits per heavy atom. The third-order valence-electron chi connectivity index (χ3n) is 3.72. The van der Waals surface area contributed by atoms with Crippen molar-refractivity contribution in [3.8, 4) is 5.88 Å². The Balaban J connectivity index is 1.87. The third kappa shape index (κ3) is 2.99. The van der Waals surface area contributed by atoms with Crippen molar-refractivity contribution in [2.45, 2.75) is 30.7 Å². The predicted octanol–water partition coefficient (Wildman–Crippen LogP) is 0.855. The number of fused-ring (bicyclic) bond motifs is 1. The Morgan fingerprint density at radius 1 is 1.25 bits per heavy atom. The Kier molecular flexibility index (Phi) is 4.73. The van der Waals surface area contributed by atoms with Crippen molar-refractivity contribution in [1.82, 2.24) is 4.98 Å². The summed E-state index contributed by atoms with van der Waals surface area (Å²) in [7, 11) is 0. The SMILES string of the molecule is O=C(O)[C@H]1O[C@@H](Oc2cc3c(Cl)c(Br)ccc3[nH]2)[C@H](O)[C@@H](O)[C@@H]1O. The fraction of sp³-hybridized carbons (Fsp3) is 0.357. The number of hydrogen-bond donors (Lipinski definition) is 5. The number of halogens is 2. The van der Waals surface area contributed by atoms with Gasteiger partial charge in [0.2, 0.25) is 6.29 Å². The zero-order valence-corrected chi connectivity index (χ0v) is 14.2. The first-order chi connectivity index (χ1) is 11.3. The molecule has 130 valence electrons. The second-order valence-corrected chi connectivity index (χ2v) is 6.54. The molecule has 0 aliphatic carbocycles. The molecule has 1 aromatic heterocycles. The minimum absolute atomic E-state index is 0.154. The van der Waals surface area contributed by atoms with Crippen LogP contribution >= 0.6 is 27.5 Å². The van der Waals surface area contributed by atoms with Gasteiger partial charge in [-0.05, 0) is 28.1 Å². The minimum atomic E-state index is -1.77. The lowest BCUT2D eigenvalue weighted by Crippen LogP contribution is -2.61. The molecule has 0 spiro atoms. The van der Waals surface area contributed by atoms with Crippen LogP contribution in [0.1, 0.15) is 0 Å². The first-order valence-corrected chi connectivity index (χ1v) is 8.02. The number of nitrogens with one attached hydrogen (secondary N) is 1. The van der Waals surface area contributed by atoms with E-state index in [0.717, 1.165) is 0 Å². The molecular weight excluding hydrogens is 410 g/mol. The second-order valence-electron chi connectivity index (χ2n) is 5.31. The van der Waals surface area contributed by atoms with Crippen LogP contribution < -0.4 is 4.74 Å². The van der Waals surface area contributed by atoms with Crippen molar-refractivity contribution in [2.24, 2.45) is 0 Å². The number of carbonyl (C=O) groups is 1. The highest BCUT2D eigenvalue weighted by molar-refractivity contribution is 9.10. The number of aliphatic hydroxyl groups excluding tert-OH is 3. The van der Waals surface area contributed by atoms with Crippen LogP contribution in [-0.2, 0) is 9.53 Å². The van der Waals surface area contributed by atoms with E-state index in [1.165, 1.54) is 0 Å². The first-order valence-electron chi connectivity index (χ1n) is 6.85. The van der Waals surface area contributed by atoms with E-state index in [1.54, 1.807) is 18.2 Å². The number of hydrogen-bond acceptors (Lipinski definition) is 6. The quantitative estimate of drug-likeness (QED) is 0.495. The van der Waals surface area contributed by atoms with E-state index >= 15 is 0 Å². The molecule has 2 aromatic rings. The van der Waals surface area contributed by atoms with Gasteiger partial charge in [-0.2, -0.15) is 0 Å². The number of carboxylic acid groups (broad SMARTS) is 1. The molecule has 2 heterocycles. The minimum Gasteiger partial charge on any atom is -0.479 e. The van der Waals surface area contributed by atoms with Crippen molar-refractivity contribution < 1.29 is 34.7 Å². The molecule has 24 heavy (non-hydrogen) atoms. The molecule has 1 aliphatic rings. The van der Waals surface area contributed by atoms with Crippen molar-refractivity contribution >= 4 is 44.4 Å². The third-order valence-corrected chi connectivity index (χ3v) is 5.02. The topological polar surface area (TPSA) is 132 Å².